The number of phenolic OH excluding ortho intramolecular Hbond substituents is 1. The quantitative estimate of drug-likeness (QED) is 0.0457. The molecule has 60 heavy (non-hydrogen) atoms. The number of amides is 2. The van der Waals surface area contributed by atoms with E-state index in [-0.39, 0.29) is 36.5 Å². The van der Waals surface area contributed by atoms with E-state index in [0.717, 1.165) is 58.6 Å². The van der Waals surface area contributed by atoms with Gasteiger partial charge < -0.3 is 30.7 Å². The average molecular weight is 802 g/mol. The number of likely N-dealkylation sites (tertiary alicyclic amines) is 1. The average Bonchev–Trinajstić information content (AvgIpc) is 3.28. The van der Waals surface area contributed by atoms with Crippen molar-refractivity contribution in [3.05, 3.63) is 163 Å². The number of rotatable bonds is 17. The van der Waals surface area contributed by atoms with Crippen LogP contribution in [0.15, 0.2) is 152 Å². The number of Topliss-reactive ketones (excluding diaryl/α,β-unsaturated/α-hetero) is 1. The highest BCUT2D eigenvalue weighted by molar-refractivity contribution is 6.02. The molecule has 6 aromatic carbocycles. The van der Waals surface area contributed by atoms with Crippen molar-refractivity contribution >= 4 is 29.2 Å². The lowest BCUT2D eigenvalue weighted by atomic mass is 9.88. The molecule has 0 aromatic heterocycles. The molecule has 1 fully saturated rings. The normalized spacial score (nSPS) is 13.1. The summed E-state index contributed by atoms with van der Waals surface area (Å²) in [5, 5.41) is 21.9. The number of piperidine rings is 1. The number of nitrogens with one attached hydrogen (secondary N) is 4. The van der Waals surface area contributed by atoms with E-state index in [1.54, 1.807) is 36.4 Å². The Hall–Kier alpha value is -6.59. The Labute approximate surface area is 351 Å². The first-order chi connectivity index (χ1) is 29.4. The molecule has 0 atom stereocenters. The third-order valence-corrected chi connectivity index (χ3v) is 10.6. The molecule has 7 rings (SSSR count). The molecule has 1 aliphatic rings. The minimum atomic E-state index is -0.472. The maximum Gasteiger partial charge on any atom is 0.411 e. The molecule has 2 amide bonds. The van der Waals surface area contributed by atoms with Gasteiger partial charge in [0.15, 0.2) is 5.78 Å². The summed E-state index contributed by atoms with van der Waals surface area (Å²) in [6.45, 7) is 4.22. The van der Waals surface area contributed by atoms with Crippen LogP contribution in [0.25, 0.3) is 33.4 Å². The van der Waals surface area contributed by atoms with E-state index in [0.29, 0.717) is 49.4 Å². The van der Waals surface area contributed by atoms with E-state index in [4.69, 9.17) is 4.74 Å². The smallest absolute Gasteiger partial charge is 0.411 e. The lowest BCUT2D eigenvalue weighted by Crippen LogP contribution is -2.42. The Kier molecular flexibility index (Phi) is 14.5. The van der Waals surface area contributed by atoms with Crippen molar-refractivity contribution in [1.82, 2.24) is 15.5 Å². The molecular weight excluding hydrogens is 751 g/mol. The van der Waals surface area contributed by atoms with Gasteiger partial charge in [0.25, 0.3) is 0 Å². The summed E-state index contributed by atoms with van der Waals surface area (Å²) in [5.41, 5.74) is 9.00. The van der Waals surface area contributed by atoms with Gasteiger partial charge in [-0.15, -0.1) is 0 Å². The summed E-state index contributed by atoms with van der Waals surface area (Å²) in [7, 11) is 0. The summed E-state index contributed by atoms with van der Waals surface area (Å²) in [6.07, 6.45) is 1.03. The third kappa shape index (κ3) is 11.5. The van der Waals surface area contributed by atoms with Crippen LogP contribution >= 0.6 is 0 Å². The van der Waals surface area contributed by atoms with Crippen LogP contribution in [-0.2, 0) is 16.1 Å². The van der Waals surface area contributed by atoms with E-state index in [9.17, 15) is 19.5 Å². The number of ether oxygens (including phenoxy) is 1. The summed E-state index contributed by atoms with van der Waals surface area (Å²) < 4.78 is 6.01. The minimum Gasteiger partial charge on any atom is -0.508 e. The molecule has 0 spiro atoms. The first kappa shape index (κ1) is 41.6. The van der Waals surface area contributed by atoms with Crippen LogP contribution in [0.3, 0.4) is 0 Å². The molecule has 0 aliphatic carbocycles. The number of benzene rings is 6. The second kappa shape index (κ2) is 20.9. The van der Waals surface area contributed by atoms with Crippen molar-refractivity contribution in [2.75, 3.05) is 49.9 Å². The van der Waals surface area contributed by atoms with Crippen molar-refractivity contribution in [2.45, 2.75) is 31.9 Å². The zero-order valence-electron chi connectivity index (χ0n) is 33.6. The number of carbonyl (C=O) groups is 3. The predicted molar refractivity (Wildman–Crippen MR) is 239 cm³/mol. The van der Waals surface area contributed by atoms with Gasteiger partial charge in [-0.2, -0.15) is 0 Å². The van der Waals surface area contributed by atoms with Crippen molar-refractivity contribution in [1.29, 1.82) is 0 Å². The first-order valence-corrected chi connectivity index (χ1v) is 20.6. The van der Waals surface area contributed by atoms with Gasteiger partial charge in [-0.1, -0.05) is 121 Å². The summed E-state index contributed by atoms with van der Waals surface area (Å²) in [4.78, 5) is 41.3. The van der Waals surface area contributed by atoms with Gasteiger partial charge in [0.1, 0.15) is 11.9 Å². The third-order valence-electron chi connectivity index (χ3n) is 10.6. The van der Waals surface area contributed by atoms with Crippen molar-refractivity contribution in [3.8, 4) is 39.1 Å². The zero-order valence-corrected chi connectivity index (χ0v) is 33.6. The lowest BCUT2D eigenvalue weighted by molar-refractivity contribution is -0.116. The fourth-order valence-corrected chi connectivity index (χ4v) is 7.50. The number of aromatic hydroxyl groups is 1. The molecule has 1 saturated heterocycles. The minimum absolute atomic E-state index is 0.0548. The van der Waals surface area contributed by atoms with Crippen LogP contribution in [0.1, 0.15) is 35.2 Å². The van der Waals surface area contributed by atoms with E-state index in [1.165, 1.54) is 0 Å². The molecule has 5 N–H and O–H groups in total. The number of anilines is 2. The molecule has 10 heteroatoms. The van der Waals surface area contributed by atoms with Crippen LogP contribution < -0.4 is 21.3 Å². The Morgan fingerprint density at radius 2 is 1.30 bits per heavy atom. The van der Waals surface area contributed by atoms with E-state index < -0.39 is 6.09 Å². The van der Waals surface area contributed by atoms with Crippen molar-refractivity contribution < 1.29 is 24.2 Å². The fraction of sp³-hybridized carbons (Fsp3) is 0.220. The Bertz CT molecular complexity index is 2350. The topological polar surface area (TPSA) is 132 Å². The molecule has 0 bridgehead atoms. The maximum absolute atomic E-state index is 13.5. The molecule has 10 nitrogen and oxygen atoms in total. The maximum atomic E-state index is 13.5. The fourth-order valence-electron chi connectivity index (χ4n) is 7.50. The van der Waals surface area contributed by atoms with Gasteiger partial charge in [0, 0.05) is 62.5 Å². The number of ketones is 1. The number of hydrogen-bond acceptors (Lipinski definition) is 8. The van der Waals surface area contributed by atoms with Crippen molar-refractivity contribution in [3.63, 3.8) is 0 Å². The highest BCUT2D eigenvalue weighted by Crippen LogP contribution is 2.42. The van der Waals surface area contributed by atoms with Gasteiger partial charge in [-0.3, -0.25) is 14.9 Å². The zero-order chi connectivity index (χ0) is 41.5. The van der Waals surface area contributed by atoms with Crippen LogP contribution in [0.4, 0.5) is 16.2 Å². The highest BCUT2D eigenvalue weighted by atomic mass is 16.6. The molecule has 1 aliphatic heterocycles. The van der Waals surface area contributed by atoms with Gasteiger partial charge in [0.2, 0.25) is 5.91 Å². The van der Waals surface area contributed by atoms with Crippen LogP contribution in [-0.4, -0.2) is 73.2 Å². The Morgan fingerprint density at radius 3 is 2.03 bits per heavy atom. The van der Waals surface area contributed by atoms with Gasteiger partial charge in [-0.25, -0.2) is 4.79 Å². The summed E-state index contributed by atoms with van der Waals surface area (Å²) in [5.74, 6) is 0.0198. The molecule has 0 saturated carbocycles. The highest BCUT2D eigenvalue weighted by Gasteiger charge is 2.24. The van der Waals surface area contributed by atoms with E-state index in [2.05, 4.69) is 68.6 Å². The Balaban J connectivity index is 0.857. The van der Waals surface area contributed by atoms with Gasteiger partial charge in [0.05, 0.1) is 12.2 Å². The summed E-state index contributed by atoms with van der Waals surface area (Å²) in [6, 6.07) is 48.7. The van der Waals surface area contributed by atoms with E-state index in [1.807, 2.05) is 72.8 Å². The first-order valence-electron chi connectivity index (χ1n) is 20.6. The predicted octanol–water partition coefficient (Wildman–Crippen LogP) is 9.00. The number of hydrogen-bond donors (Lipinski definition) is 5. The lowest BCUT2D eigenvalue weighted by Gasteiger charge is -2.31. The second-order valence-electron chi connectivity index (χ2n) is 14.9. The second-order valence-corrected chi connectivity index (χ2v) is 14.9. The molecular formula is C50H51N5O5. The number of phenols is 1. The molecule has 6 aromatic rings. The molecule has 306 valence electrons. The summed E-state index contributed by atoms with van der Waals surface area (Å²) >= 11 is 0. The SMILES string of the molecule is O=C(CCNCc1ccc(O)cc1)Nc1cccc(C(=O)CNCCN2CCC(OC(=O)Nc3cccc(-c4ccccc4)c3-c3ccccc3-c3ccccc3)CC2)c1. The van der Waals surface area contributed by atoms with Crippen molar-refractivity contribution in [2.24, 2.45) is 0 Å². The molecule has 0 radical (unpaired) electrons. The number of nitrogens with zero attached hydrogens (tertiary/aromatic N) is 1. The van der Waals surface area contributed by atoms with Crippen LogP contribution in [0, 0.1) is 0 Å². The van der Waals surface area contributed by atoms with Gasteiger partial charge in [-0.05, 0) is 76.6 Å². The molecule has 0 unspecified atom stereocenters. The number of carbonyl (C=O) groups excluding carboxylic acids is 3. The van der Waals surface area contributed by atoms with Crippen LogP contribution in [0.5, 0.6) is 5.75 Å². The van der Waals surface area contributed by atoms with E-state index >= 15 is 0 Å². The largest absolute Gasteiger partial charge is 0.508 e. The molecule has 1 heterocycles. The van der Waals surface area contributed by atoms with Crippen LogP contribution in [0.2, 0.25) is 0 Å². The monoisotopic (exact) mass is 801 g/mol. The van der Waals surface area contributed by atoms with Gasteiger partial charge >= 0.3 is 6.09 Å². The Morgan fingerprint density at radius 1 is 0.650 bits per heavy atom. The standard InChI is InChI=1S/C50H51N5O5/c56-41-23-21-36(22-24-41)34-51-28-25-48(58)53-40-16-9-15-39(33-40)47(57)35-52-29-32-55-30-26-42(27-31-55)60-50(59)54-46-20-10-19-44(38-13-5-2-6-14-38)49(46)45-18-8-7-17-43(45)37-11-3-1-4-12-37/h1-24,33,42,51-52,56H,25-32,34-35H2,(H,53,58)(H,54,59).